The van der Waals surface area contributed by atoms with E-state index in [4.69, 9.17) is 25.8 Å². The standard InChI is InChI=1S/C25H27ClINO5/c1-16-24(25(30)33-15-18-6-3-4-8-21(18)31-2)20(17-9-10-22(26)27-13-17)12-23(29)28(16)14-19-7-5-11-32-19/h3-4,6,8-10,13,19-20H,5,7,11-12,14-15H2,1-2H3/t19-,20+/m0/s1. The summed E-state index contributed by atoms with van der Waals surface area (Å²) in [6, 6.07) is 7.45. The van der Waals surface area contributed by atoms with E-state index in [1.165, 1.54) is 0 Å². The van der Waals surface area contributed by atoms with Gasteiger partial charge in [-0.15, -0.1) is 0 Å². The van der Waals surface area contributed by atoms with Crippen LogP contribution in [0, 0.1) is 5.92 Å². The molecule has 6 nitrogen and oxygen atoms in total. The Morgan fingerprint density at radius 2 is 2.12 bits per heavy atom. The number of esters is 1. The van der Waals surface area contributed by atoms with Gasteiger partial charge in [0.2, 0.25) is 5.91 Å². The fourth-order valence-electron chi connectivity index (χ4n) is 4.36. The minimum Gasteiger partial charge on any atom is -0.496 e. The summed E-state index contributed by atoms with van der Waals surface area (Å²) in [6.07, 6.45) is 5.92. The van der Waals surface area contributed by atoms with Crippen molar-refractivity contribution in [3.8, 4) is 5.75 Å². The SMILES string of the molecule is COc1ccccc1COC(=O)C1=C(C)N(C[C@@H]2CCCO2)C(=O)C[C@@H]1C1=CC=C(Cl)I=C1. The van der Waals surface area contributed by atoms with Crippen molar-refractivity contribution in [3.63, 3.8) is 0 Å². The van der Waals surface area contributed by atoms with E-state index in [-0.39, 0.29) is 31.0 Å². The van der Waals surface area contributed by atoms with E-state index >= 15 is 0 Å². The van der Waals surface area contributed by atoms with Gasteiger partial charge >= 0.3 is 5.97 Å². The lowest BCUT2D eigenvalue weighted by Gasteiger charge is -2.36. The Labute approximate surface area is 209 Å². The van der Waals surface area contributed by atoms with Crippen molar-refractivity contribution in [2.45, 2.75) is 38.9 Å². The average molecular weight is 584 g/mol. The van der Waals surface area contributed by atoms with Crippen molar-refractivity contribution in [2.75, 3.05) is 20.3 Å². The molecule has 0 spiro atoms. The first kappa shape index (κ1) is 24.2. The maximum absolute atomic E-state index is 13.4. The molecule has 3 aliphatic heterocycles. The van der Waals surface area contributed by atoms with Gasteiger partial charge < -0.3 is 19.1 Å². The van der Waals surface area contributed by atoms with Gasteiger partial charge in [0.05, 0.1) is 28.4 Å². The van der Waals surface area contributed by atoms with Crippen molar-refractivity contribution in [2.24, 2.45) is 5.92 Å². The lowest BCUT2D eigenvalue weighted by molar-refractivity contribution is -0.142. The molecule has 0 aromatic heterocycles. The first-order chi connectivity index (χ1) is 16.0. The minimum absolute atomic E-state index is 0.000587. The van der Waals surface area contributed by atoms with Crippen molar-refractivity contribution in [1.29, 1.82) is 0 Å². The van der Waals surface area contributed by atoms with Crippen LogP contribution in [0.5, 0.6) is 5.75 Å². The highest BCUT2D eigenvalue weighted by atomic mass is 127. The van der Waals surface area contributed by atoms with E-state index in [1.54, 1.807) is 12.0 Å². The van der Waals surface area contributed by atoms with Crippen LogP contribution in [-0.4, -0.2) is 47.2 Å². The molecule has 3 aliphatic rings. The second-order valence-corrected chi connectivity index (χ2v) is 11.6. The molecule has 1 fully saturated rings. The molecule has 1 saturated heterocycles. The van der Waals surface area contributed by atoms with E-state index in [9.17, 15) is 9.59 Å². The van der Waals surface area contributed by atoms with Crippen molar-refractivity contribution in [1.82, 2.24) is 4.90 Å². The Balaban J connectivity index is 1.63. The summed E-state index contributed by atoms with van der Waals surface area (Å²) in [4.78, 5) is 28.3. The minimum atomic E-state index is -0.461. The van der Waals surface area contributed by atoms with Crippen LogP contribution in [-0.2, 0) is 25.7 Å². The molecule has 2 atom stereocenters. The smallest absolute Gasteiger partial charge is 0.336 e. The molecule has 0 saturated carbocycles. The molecule has 0 radical (unpaired) electrons. The van der Waals surface area contributed by atoms with Crippen molar-refractivity contribution in [3.05, 3.63) is 61.9 Å². The third kappa shape index (κ3) is 5.58. The molecule has 0 aliphatic carbocycles. The molecule has 33 heavy (non-hydrogen) atoms. The van der Waals surface area contributed by atoms with Gasteiger partial charge in [-0.2, -0.15) is 0 Å². The normalized spacial score (nSPS) is 23.1. The van der Waals surface area contributed by atoms with E-state index in [1.807, 2.05) is 43.3 Å². The zero-order valence-corrected chi connectivity index (χ0v) is 21.6. The second kappa shape index (κ2) is 11.0. The summed E-state index contributed by atoms with van der Waals surface area (Å²) < 4.78 is 19.8. The van der Waals surface area contributed by atoms with Crippen LogP contribution in [0.2, 0.25) is 0 Å². The molecule has 4 rings (SSSR count). The number of carbonyl (C=O) groups excluding carboxylic acids is 2. The van der Waals surface area contributed by atoms with Gasteiger partial charge in [0, 0.05) is 30.2 Å². The zero-order valence-electron chi connectivity index (χ0n) is 18.7. The number of rotatable bonds is 7. The molecular weight excluding hydrogens is 557 g/mol. The fourth-order valence-corrected chi connectivity index (χ4v) is 6.38. The van der Waals surface area contributed by atoms with E-state index in [0.29, 0.717) is 30.2 Å². The Hall–Kier alpha value is -1.97. The number of hydrogen-bond donors (Lipinski definition) is 0. The molecule has 1 aromatic rings. The monoisotopic (exact) mass is 583 g/mol. The number of nitrogens with zero attached hydrogens (tertiary/aromatic N) is 1. The summed E-state index contributed by atoms with van der Waals surface area (Å²) in [5.41, 5.74) is 2.92. The third-order valence-electron chi connectivity index (χ3n) is 6.09. The summed E-state index contributed by atoms with van der Waals surface area (Å²) in [5, 5.41) is 0. The third-order valence-corrected chi connectivity index (χ3v) is 8.76. The molecule has 3 heterocycles. The number of allylic oxidation sites excluding steroid dienone is 4. The summed E-state index contributed by atoms with van der Waals surface area (Å²) in [7, 11) is 1.59. The van der Waals surface area contributed by atoms with Crippen LogP contribution >= 0.6 is 32.3 Å². The van der Waals surface area contributed by atoms with Crippen LogP contribution in [0.25, 0.3) is 0 Å². The predicted octanol–water partition coefficient (Wildman–Crippen LogP) is 4.83. The Morgan fingerprint density at radius 1 is 1.30 bits per heavy atom. The Bertz CT molecular complexity index is 1050. The highest BCUT2D eigenvalue weighted by molar-refractivity contribution is 14.2. The first-order valence-corrected chi connectivity index (χ1v) is 13.6. The largest absolute Gasteiger partial charge is 0.496 e. The number of hydrogen-bond acceptors (Lipinski definition) is 5. The lowest BCUT2D eigenvalue weighted by atomic mass is 9.83. The van der Waals surface area contributed by atoms with Crippen LogP contribution in [0.1, 0.15) is 31.7 Å². The number of halogens is 2. The van der Waals surface area contributed by atoms with E-state index in [0.717, 1.165) is 27.0 Å². The number of methoxy groups -OCH3 is 1. The molecule has 176 valence electrons. The van der Waals surface area contributed by atoms with Gasteiger partial charge in [-0.25, -0.2) is 4.79 Å². The van der Waals surface area contributed by atoms with E-state index < -0.39 is 26.7 Å². The molecule has 0 bridgehead atoms. The second-order valence-electron chi connectivity index (χ2n) is 8.12. The van der Waals surface area contributed by atoms with Gasteiger partial charge in [-0.1, -0.05) is 56.6 Å². The number of carbonyl (C=O) groups is 2. The maximum Gasteiger partial charge on any atom is 0.336 e. The highest BCUT2D eigenvalue weighted by Crippen LogP contribution is 2.38. The van der Waals surface area contributed by atoms with E-state index in [2.05, 4.69) is 4.01 Å². The van der Waals surface area contributed by atoms with Gasteiger partial charge in [-0.3, -0.25) is 4.79 Å². The van der Waals surface area contributed by atoms with Crippen LogP contribution in [0.4, 0.5) is 0 Å². The Kier molecular flexibility index (Phi) is 8.03. The average Bonchev–Trinajstić information content (AvgIpc) is 3.34. The molecule has 1 amide bonds. The Morgan fingerprint density at radius 3 is 2.82 bits per heavy atom. The zero-order chi connectivity index (χ0) is 23.4. The number of para-hydroxylation sites is 1. The lowest BCUT2D eigenvalue weighted by Crippen LogP contribution is -2.43. The number of benzene rings is 1. The van der Waals surface area contributed by atoms with Gasteiger partial charge in [0.15, 0.2) is 0 Å². The van der Waals surface area contributed by atoms with Crippen LogP contribution < -0.4 is 4.74 Å². The molecule has 8 heteroatoms. The van der Waals surface area contributed by atoms with Crippen molar-refractivity contribution >= 4 is 48.2 Å². The van der Waals surface area contributed by atoms with Gasteiger partial charge in [0.25, 0.3) is 0 Å². The molecular formula is C25H27ClINO5. The topological polar surface area (TPSA) is 65.1 Å². The highest BCUT2D eigenvalue weighted by Gasteiger charge is 2.38. The number of amides is 1. The van der Waals surface area contributed by atoms with Crippen LogP contribution in [0.15, 0.2) is 56.3 Å². The summed E-state index contributed by atoms with van der Waals surface area (Å²) in [5.74, 6) is -0.0906. The van der Waals surface area contributed by atoms with Gasteiger partial charge in [-0.05, 0) is 41.5 Å². The molecule has 1 aromatic carbocycles. The number of ether oxygens (including phenoxy) is 3. The predicted molar refractivity (Wildman–Crippen MR) is 136 cm³/mol. The summed E-state index contributed by atoms with van der Waals surface area (Å²) in [6.45, 7) is 3.10. The summed E-state index contributed by atoms with van der Waals surface area (Å²) >= 11 is 5.71. The first-order valence-electron chi connectivity index (χ1n) is 10.9. The van der Waals surface area contributed by atoms with Crippen LogP contribution in [0.3, 0.4) is 0 Å². The van der Waals surface area contributed by atoms with Gasteiger partial charge in [0.1, 0.15) is 12.4 Å². The van der Waals surface area contributed by atoms with Crippen molar-refractivity contribution < 1.29 is 23.8 Å². The fraction of sp³-hybridized carbons (Fsp3) is 0.400. The quantitative estimate of drug-likeness (QED) is 0.340. The molecule has 0 N–H and O–H groups in total. The maximum atomic E-state index is 13.4. The molecule has 0 unspecified atom stereocenters.